The van der Waals surface area contributed by atoms with Crippen LogP contribution in [0.1, 0.15) is 5.56 Å². The van der Waals surface area contributed by atoms with Crippen molar-refractivity contribution in [3.05, 3.63) is 127 Å². The highest BCUT2D eigenvalue weighted by Gasteiger charge is 2.14. The van der Waals surface area contributed by atoms with Gasteiger partial charge >= 0.3 is 0 Å². The first-order chi connectivity index (χ1) is 15.8. The molecule has 0 saturated heterocycles. The maximum Gasteiger partial charge on any atom is 0.0543 e. The fourth-order valence-electron chi connectivity index (χ4n) is 4.69. The van der Waals surface area contributed by atoms with Crippen molar-refractivity contribution in [2.45, 2.75) is 6.92 Å². The molecule has 1 heterocycles. The lowest BCUT2D eigenvalue weighted by atomic mass is 9.98. The standard InChI is InChI=1S/C31H23N/c1-22-16-17-29-28-14-8-9-15-30(28)32(31(29)18-22)27-20-25(23-10-4-2-5-11-23)19-26(21-27)24-12-6-3-7-13-24/h2-21H,1H3. The zero-order valence-electron chi connectivity index (χ0n) is 18.0. The van der Waals surface area contributed by atoms with Crippen LogP contribution in [0, 0.1) is 6.92 Å². The summed E-state index contributed by atoms with van der Waals surface area (Å²) in [5.74, 6) is 0. The van der Waals surface area contributed by atoms with Gasteiger partial charge in [0.25, 0.3) is 0 Å². The summed E-state index contributed by atoms with van der Waals surface area (Å²) in [6, 6.07) is 43.7. The minimum atomic E-state index is 1.18. The number of benzene rings is 5. The van der Waals surface area contributed by atoms with E-state index in [0.717, 1.165) is 0 Å². The Kier molecular flexibility index (Phi) is 4.40. The molecule has 0 aliphatic carbocycles. The van der Waals surface area contributed by atoms with Gasteiger partial charge in [0.1, 0.15) is 0 Å². The number of nitrogens with zero attached hydrogens (tertiary/aromatic N) is 1. The van der Waals surface area contributed by atoms with E-state index in [2.05, 4.69) is 133 Å². The summed E-state index contributed by atoms with van der Waals surface area (Å²) < 4.78 is 2.41. The normalized spacial score (nSPS) is 11.3. The number of hydrogen-bond acceptors (Lipinski definition) is 0. The molecule has 0 saturated carbocycles. The van der Waals surface area contributed by atoms with E-state index in [1.807, 2.05) is 0 Å². The Morgan fingerprint density at radius 2 is 1.00 bits per heavy atom. The van der Waals surface area contributed by atoms with Gasteiger partial charge in [0.2, 0.25) is 0 Å². The molecule has 0 amide bonds. The number of aryl methyl sites for hydroxylation is 1. The molecule has 0 aliphatic heterocycles. The van der Waals surface area contributed by atoms with E-state index < -0.39 is 0 Å². The second kappa shape index (κ2) is 7.55. The summed E-state index contributed by atoms with van der Waals surface area (Å²) >= 11 is 0. The van der Waals surface area contributed by atoms with Crippen molar-refractivity contribution >= 4 is 21.8 Å². The molecule has 0 spiro atoms. The summed E-state index contributed by atoms with van der Waals surface area (Å²) in [7, 11) is 0. The van der Waals surface area contributed by atoms with E-state index in [1.54, 1.807) is 0 Å². The predicted octanol–water partition coefficient (Wildman–Crippen LogP) is 8.43. The Hall–Kier alpha value is -4.10. The molecule has 6 rings (SSSR count). The number of para-hydroxylation sites is 1. The van der Waals surface area contributed by atoms with Crippen molar-refractivity contribution < 1.29 is 0 Å². The Labute approximate surface area is 188 Å². The van der Waals surface area contributed by atoms with E-state index >= 15 is 0 Å². The average Bonchev–Trinajstić information content (AvgIpc) is 3.18. The fourth-order valence-corrected chi connectivity index (χ4v) is 4.69. The van der Waals surface area contributed by atoms with Gasteiger partial charge < -0.3 is 4.57 Å². The number of rotatable bonds is 3. The molecule has 0 radical (unpaired) electrons. The van der Waals surface area contributed by atoms with E-state index in [9.17, 15) is 0 Å². The first kappa shape index (κ1) is 18.7. The van der Waals surface area contributed by atoms with Gasteiger partial charge in [-0.25, -0.2) is 0 Å². The van der Waals surface area contributed by atoms with Crippen molar-refractivity contribution in [2.75, 3.05) is 0 Å². The van der Waals surface area contributed by atoms with Crippen LogP contribution in [-0.4, -0.2) is 4.57 Å². The van der Waals surface area contributed by atoms with Crippen molar-refractivity contribution in [3.63, 3.8) is 0 Å². The van der Waals surface area contributed by atoms with Crippen molar-refractivity contribution in [1.82, 2.24) is 4.57 Å². The minimum Gasteiger partial charge on any atom is -0.309 e. The summed E-state index contributed by atoms with van der Waals surface area (Å²) in [4.78, 5) is 0. The van der Waals surface area contributed by atoms with E-state index in [1.165, 1.54) is 55.3 Å². The monoisotopic (exact) mass is 409 g/mol. The molecule has 0 atom stereocenters. The molecule has 0 fully saturated rings. The Balaban J connectivity index is 1.70. The molecule has 6 aromatic rings. The molecule has 0 N–H and O–H groups in total. The Morgan fingerprint density at radius 3 is 1.66 bits per heavy atom. The van der Waals surface area contributed by atoms with Crippen LogP contribution in [-0.2, 0) is 0 Å². The highest BCUT2D eigenvalue weighted by atomic mass is 15.0. The van der Waals surface area contributed by atoms with Crippen LogP contribution in [0.2, 0.25) is 0 Å². The quantitative estimate of drug-likeness (QED) is 0.276. The SMILES string of the molecule is Cc1ccc2c3ccccc3n(-c3cc(-c4ccccc4)cc(-c4ccccc4)c3)c2c1. The van der Waals surface area contributed by atoms with Gasteiger partial charge in [-0.3, -0.25) is 0 Å². The predicted molar refractivity (Wildman–Crippen MR) is 136 cm³/mol. The second-order valence-electron chi connectivity index (χ2n) is 8.37. The lowest BCUT2D eigenvalue weighted by Gasteiger charge is -2.14. The van der Waals surface area contributed by atoms with Gasteiger partial charge in [-0.15, -0.1) is 0 Å². The highest BCUT2D eigenvalue weighted by Crippen LogP contribution is 2.36. The molecule has 0 aliphatic rings. The van der Waals surface area contributed by atoms with Gasteiger partial charge in [-0.1, -0.05) is 91.0 Å². The van der Waals surface area contributed by atoms with Crippen LogP contribution in [0.15, 0.2) is 121 Å². The number of fused-ring (bicyclic) bond motifs is 3. The molecular weight excluding hydrogens is 386 g/mol. The molecule has 0 unspecified atom stereocenters. The van der Waals surface area contributed by atoms with E-state index in [4.69, 9.17) is 0 Å². The summed E-state index contributed by atoms with van der Waals surface area (Å²) in [5, 5.41) is 2.58. The first-order valence-corrected chi connectivity index (χ1v) is 11.0. The fraction of sp³-hybridized carbons (Fsp3) is 0.0323. The Morgan fingerprint density at radius 1 is 0.438 bits per heavy atom. The molecule has 1 aromatic heterocycles. The maximum atomic E-state index is 2.41. The van der Waals surface area contributed by atoms with Crippen LogP contribution < -0.4 is 0 Å². The molecule has 1 heteroatoms. The largest absolute Gasteiger partial charge is 0.309 e. The van der Waals surface area contributed by atoms with E-state index in [0.29, 0.717) is 0 Å². The topological polar surface area (TPSA) is 4.93 Å². The number of aromatic nitrogens is 1. The third-order valence-corrected chi connectivity index (χ3v) is 6.22. The molecule has 1 nitrogen and oxygen atoms in total. The maximum absolute atomic E-state index is 2.41. The van der Waals surface area contributed by atoms with Gasteiger partial charge in [0.05, 0.1) is 11.0 Å². The second-order valence-corrected chi connectivity index (χ2v) is 8.37. The average molecular weight is 410 g/mol. The zero-order valence-corrected chi connectivity index (χ0v) is 18.0. The van der Waals surface area contributed by atoms with Crippen LogP contribution in [0.25, 0.3) is 49.7 Å². The van der Waals surface area contributed by atoms with Crippen LogP contribution in [0.5, 0.6) is 0 Å². The third kappa shape index (κ3) is 3.11. The molecule has 152 valence electrons. The third-order valence-electron chi connectivity index (χ3n) is 6.22. The Bertz CT molecular complexity index is 1500. The first-order valence-electron chi connectivity index (χ1n) is 11.0. The highest BCUT2D eigenvalue weighted by molar-refractivity contribution is 6.09. The summed E-state index contributed by atoms with van der Waals surface area (Å²) in [6.45, 7) is 2.16. The zero-order chi connectivity index (χ0) is 21.5. The number of hydrogen-bond donors (Lipinski definition) is 0. The van der Waals surface area contributed by atoms with Gasteiger partial charge in [0, 0.05) is 16.5 Å². The van der Waals surface area contributed by atoms with E-state index in [-0.39, 0.29) is 0 Å². The van der Waals surface area contributed by atoms with Crippen molar-refractivity contribution in [2.24, 2.45) is 0 Å². The van der Waals surface area contributed by atoms with Gasteiger partial charge in [0.15, 0.2) is 0 Å². The molecule has 5 aromatic carbocycles. The summed E-state index contributed by atoms with van der Waals surface area (Å²) in [5.41, 5.74) is 9.83. The molecular formula is C31H23N. The van der Waals surface area contributed by atoms with Crippen LogP contribution >= 0.6 is 0 Å². The smallest absolute Gasteiger partial charge is 0.0543 e. The van der Waals surface area contributed by atoms with Gasteiger partial charge in [-0.2, -0.15) is 0 Å². The van der Waals surface area contributed by atoms with Crippen LogP contribution in [0.4, 0.5) is 0 Å². The van der Waals surface area contributed by atoms with Crippen molar-refractivity contribution in [3.8, 4) is 27.9 Å². The molecule has 0 bridgehead atoms. The lowest BCUT2D eigenvalue weighted by molar-refractivity contribution is 1.18. The molecule has 32 heavy (non-hydrogen) atoms. The lowest BCUT2D eigenvalue weighted by Crippen LogP contribution is -1.96. The van der Waals surface area contributed by atoms with Gasteiger partial charge in [-0.05, 0) is 65.1 Å². The summed E-state index contributed by atoms with van der Waals surface area (Å²) in [6.07, 6.45) is 0. The van der Waals surface area contributed by atoms with Crippen LogP contribution in [0.3, 0.4) is 0 Å². The minimum absolute atomic E-state index is 1.18. The van der Waals surface area contributed by atoms with Crippen molar-refractivity contribution in [1.29, 1.82) is 0 Å².